The Labute approximate surface area is 76.0 Å². The molecule has 1 aromatic carbocycles. The van der Waals surface area contributed by atoms with E-state index in [-0.39, 0.29) is 0 Å². The van der Waals surface area contributed by atoms with Gasteiger partial charge in [-0.15, -0.1) is 0 Å². The number of hydrogen-bond donors (Lipinski definition) is 1. The van der Waals surface area contributed by atoms with Gasteiger partial charge in [-0.1, -0.05) is 6.07 Å². The zero-order valence-electron chi connectivity index (χ0n) is 7.33. The smallest absolute Gasteiger partial charge is 0.121 e. The van der Waals surface area contributed by atoms with Crippen LogP contribution in [-0.2, 0) is 6.42 Å². The van der Waals surface area contributed by atoms with Crippen LogP contribution < -0.4 is 0 Å². The highest BCUT2D eigenvalue weighted by atomic mass is 14.9. The summed E-state index contributed by atoms with van der Waals surface area (Å²) in [6.07, 6.45) is 0.341. The number of benzene rings is 1. The Kier molecular flexibility index (Phi) is 1.75. The van der Waals surface area contributed by atoms with Crippen molar-refractivity contribution in [3.63, 3.8) is 0 Å². The minimum absolute atomic E-state index is 0.341. The number of aryl methyl sites for hydroxylation is 1. The molecular formula is C10H9N3. The van der Waals surface area contributed by atoms with Gasteiger partial charge in [0.15, 0.2) is 0 Å². The summed E-state index contributed by atoms with van der Waals surface area (Å²) < 4.78 is 0. The molecule has 0 aliphatic heterocycles. The summed E-state index contributed by atoms with van der Waals surface area (Å²) in [5, 5.41) is 8.49. The lowest BCUT2D eigenvalue weighted by molar-refractivity contribution is 1.08. The fourth-order valence-corrected chi connectivity index (χ4v) is 1.33. The molecule has 0 bridgehead atoms. The van der Waals surface area contributed by atoms with Crippen molar-refractivity contribution in [2.24, 2.45) is 0 Å². The minimum Gasteiger partial charge on any atom is -0.341 e. The van der Waals surface area contributed by atoms with Crippen LogP contribution in [-0.4, -0.2) is 9.97 Å². The fourth-order valence-electron chi connectivity index (χ4n) is 1.33. The SMILES string of the molecule is Cc1ccc2[nH]c(CC#N)nc2c1. The normalized spacial score (nSPS) is 10.2. The third-order valence-electron chi connectivity index (χ3n) is 1.93. The van der Waals surface area contributed by atoms with Gasteiger partial charge in [0.2, 0.25) is 0 Å². The molecule has 0 aliphatic rings. The Morgan fingerprint density at radius 3 is 3.15 bits per heavy atom. The Morgan fingerprint density at radius 2 is 2.38 bits per heavy atom. The lowest BCUT2D eigenvalue weighted by Gasteiger charge is -1.88. The molecule has 0 saturated heterocycles. The predicted molar refractivity (Wildman–Crippen MR) is 50.1 cm³/mol. The van der Waals surface area contributed by atoms with E-state index in [1.165, 1.54) is 5.56 Å². The number of imidazole rings is 1. The largest absolute Gasteiger partial charge is 0.341 e. The number of aromatic amines is 1. The number of nitriles is 1. The van der Waals surface area contributed by atoms with Gasteiger partial charge >= 0.3 is 0 Å². The molecule has 1 aromatic heterocycles. The van der Waals surface area contributed by atoms with E-state index in [0.29, 0.717) is 6.42 Å². The topological polar surface area (TPSA) is 52.5 Å². The van der Waals surface area contributed by atoms with E-state index in [4.69, 9.17) is 5.26 Å². The fraction of sp³-hybridized carbons (Fsp3) is 0.200. The molecule has 0 unspecified atom stereocenters. The average molecular weight is 171 g/mol. The number of nitrogens with zero attached hydrogens (tertiary/aromatic N) is 2. The zero-order valence-corrected chi connectivity index (χ0v) is 7.33. The quantitative estimate of drug-likeness (QED) is 0.712. The second-order valence-electron chi connectivity index (χ2n) is 3.04. The van der Waals surface area contributed by atoms with Crippen molar-refractivity contribution in [2.45, 2.75) is 13.3 Å². The molecule has 64 valence electrons. The van der Waals surface area contributed by atoms with E-state index < -0.39 is 0 Å². The Balaban J connectivity index is 2.57. The Bertz CT molecular complexity index is 476. The molecule has 2 aromatic rings. The number of hydrogen-bond acceptors (Lipinski definition) is 2. The minimum atomic E-state index is 0.341. The van der Waals surface area contributed by atoms with Crippen LogP contribution in [0.1, 0.15) is 11.4 Å². The molecule has 0 aliphatic carbocycles. The maximum absolute atomic E-state index is 8.49. The third-order valence-corrected chi connectivity index (χ3v) is 1.93. The predicted octanol–water partition coefficient (Wildman–Crippen LogP) is 1.94. The number of H-pyrrole nitrogens is 1. The number of nitrogens with one attached hydrogen (secondary N) is 1. The van der Waals surface area contributed by atoms with Gasteiger partial charge in [-0.3, -0.25) is 0 Å². The third kappa shape index (κ3) is 1.38. The summed E-state index contributed by atoms with van der Waals surface area (Å²) in [6, 6.07) is 8.08. The molecule has 0 saturated carbocycles. The molecule has 0 atom stereocenters. The van der Waals surface area contributed by atoms with Crippen molar-refractivity contribution < 1.29 is 0 Å². The molecule has 3 heteroatoms. The second kappa shape index (κ2) is 2.91. The lowest BCUT2D eigenvalue weighted by atomic mass is 10.2. The van der Waals surface area contributed by atoms with Crippen LogP contribution >= 0.6 is 0 Å². The van der Waals surface area contributed by atoms with Crippen LogP contribution in [0.5, 0.6) is 0 Å². The van der Waals surface area contributed by atoms with Crippen LogP contribution in [0.2, 0.25) is 0 Å². The second-order valence-corrected chi connectivity index (χ2v) is 3.04. The van der Waals surface area contributed by atoms with Crippen LogP contribution in [0.4, 0.5) is 0 Å². The van der Waals surface area contributed by atoms with E-state index in [9.17, 15) is 0 Å². The van der Waals surface area contributed by atoms with Crippen LogP contribution in [0.3, 0.4) is 0 Å². The highest BCUT2D eigenvalue weighted by Gasteiger charge is 2.01. The molecule has 0 spiro atoms. The van der Waals surface area contributed by atoms with Gasteiger partial charge < -0.3 is 4.98 Å². The maximum atomic E-state index is 8.49. The molecule has 0 amide bonds. The van der Waals surface area contributed by atoms with Gasteiger partial charge in [-0.25, -0.2) is 4.98 Å². The summed E-state index contributed by atoms with van der Waals surface area (Å²) in [6.45, 7) is 2.03. The van der Waals surface area contributed by atoms with Crippen molar-refractivity contribution in [3.8, 4) is 6.07 Å². The molecule has 0 radical (unpaired) electrons. The van der Waals surface area contributed by atoms with E-state index in [1.807, 2.05) is 25.1 Å². The van der Waals surface area contributed by atoms with Gasteiger partial charge in [0, 0.05) is 0 Å². The van der Waals surface area contributed by atoms with Gasteiger partial charge in [0.1, 0.15) is 5.82 Å². The van der Waals surface area contributed by atoms with Crippen LogP contribution in [0.15, 0.2) is 18.2 Å². The van der Waals surface area contributed by atoms with Crippen molar-refractivity contribution >= 4 is 11.0 Å². The summed E-state index contributed by atoms with van der Waals surface area (Å²) in [5.41, 5.74) is 3.11. The highest BCUT2D eigenvalue weighted by molar-refractivity contribution is 5.75. The van der Waals surface area contributed by atoms with Gasteiger partial charge in [-0.2, -0.15) is 5.26 Å². The average Bonchev–Trinajstić information content (AvgIpc) is 2.46. The van der Waals surface area contributed by atoms with Crippen LogP contribution in [0.25, 0.3) is 11.0 Å². The van der Waals surface area contributed by atoms with Crippen molar-refractivity contribution in [3.05, 3.63) is 29.6 Å². The molecule has 0 fully saturated rings. The molecule has 1 heterocycles. The first kappa shape index (κ1) is 7.81. The number of fused-ring (bicyclic) bond motifs is 1. The Hall–Kier alpha value is -1.82. The monoisotopic (exact) mass is 171 g/mol. The van der Waals surface area contributed by atoms with E-state index >= 15 is 0 Å². The number of rotatable bonds is 1. The molecule has 2 rings (SSSR count). The summed E-state index contributed by atoms with van der Waals surface area (Å²) in [5.74, 6) is 0.739. The van der Waals surface area contributed by atoms with E-state index in [0.717, 1.165) is 16.9 Å². The lowest BCUT2D eigenvalue weighted by Crippen LogP contribution is -1.82. The first-order valence-corrected chi connectivity index (χ1v) is 4.12. The van der Waals surface area contributed by atoms with Crippen molar-refractivity contribution in [2.75, 3.05) is 0 Å². The van der Waals surface area contributed by atoms with Crippen molar-refractivity contribution in [1.82, 2.24) is 9.97 Å². The standard InChI is InChI=1S/C10H9N3/c1-7-2-3-8-9(6-7)13-10(12-8)4-5-11/h2-3,6H,4H2,1H3,(H,12,13). The molecule has 1 N–H and O–H groups in total. The molecule has 3 nitrogen and oxygen atoms in total. The summed E-state index contributed by atoms with van der Waals surface area (Å²) in [7, 11) is 0. The van der Waals surface area contributed by atoms with Gasteiger partial charge in [0.25, 0.3) is 0 Å². The summed E-state index contributed by atoms with van der Waals surface area (Å²) >= 11 is 0. The first-order valence-electron chi connectivity index (χ1n) is 4.12. The number of aromatic nitrogens is 2. The summed E-state index contributed by atoms with van der Waals surface area (Å²) in [4.78, 5) is 7.38. The highest BCUT2D eigenvalue weighted by Crippen LogP contribution is 2.13. The van der Waals surface area contributed by atoms with Gasteiger partial charge in [0.05, 0.1) is 23.5 Å². The Morgan fingerprint density at radius 1 is 1.54 bits per heavy atom. The van der Waals surface area contributed by atoms with E-state index in [2.05, 4.69) is 16.0 Å². The molecular weight excluding hydrogens is 162 g/mol. The zero-order chi connectivity index (χ0) is 9.26. The van der Waals surface area contributed by atoms with Crippen molar-refractivity contribution in [1.29, 1.82) is 5.26 Å². The van der Waals surface area contributed by atoms with E-state index in [1.54, 1.807) is 0 Å². The first-order chi connectivity index (χ1) is 6.29. The maximum Gasteiger partial charge on any atom is 0.121 e. The van der Waals surface area contributed by atoms with Crippen LogP contribution in [0, 0.1) is 18.3 Å². The van der Waals surface area contributed by atoms with Gasteiger partial charge in [-0.05, 0) is 24.6 Å². The molecule has 13 heavy (non-hydrogen) atoms.